The van der Waals surface area contributed by atoms with E-state index in [-0.39, 0.29) is 12.4 Å². The molecule has 10 nitrogen and oxygen atoms in total. The normalized spacial score (nSPS) is 23.8. The van der Waals surface area contributed by atoms with E-state index in [1.807, 2.05) is 30.3 Å². The highest BCUT2D eigenvalue weighted by molar-refractivity contribution is 7.99. The van der Waals surface area contributed by atoms with Crippen molar-refractivity contribution in [2.24, 2.45) is 0 Å². The summed E-state index contributed by atoms with van der Waals surface area (Å²) < 4.78 is 19.7. The highest BCUT2D eigenvalue weighted by Crippen LogP contribution is 2.35. The third-order valence-electron chi connectivity index (χ3n) is 6.17. The Morgan fingerprint density at radius 2 is 2.00 bits per heavy atom. The Morgan fingerprint density at radius 3 is 2.83 bits per heavy atom. The van der Waals surface area contributed by atoms with Gasteiger partial charge in [0.05, 0.1) is 19.5 Å². The van der Waals surface area contributed by atoms with Gasteiger partial charge in [-0.25, -0.2) is 15.0 Å². The predicted octanol–water partition coefficient (Wildman–Crippen LogP) is 1.12. The van der Waals surface area contributed by atoms with E-state index >= 15 is 0 Å². The van der Waals surface area contributed by atoms with Crippen molar-refractivity contribution in [1.82, 2.24) is 19.5 Å². The fourth-order valence-electron chi connectivity index (χ4n) is 4.44. The van der Waals surface area contributed by atoms with Crippen molar-refractivity contribution in [2.45, 2.75) is 40.9 Å². The molecular weight excluding hydrogens is 469 g/mol. The van der Waals surface area contributed by atoms with Gasteiger partial charge in [0.1, 0.15) is 30.2 Å². The van der Waals surface area contributed by atoms with E-state index in [0.717, 1.165) is 20.8 Å². The largest absolute Gasteiger partial charge is 0.494 e. The average Bonchev–Trinajstić information content (AvgIpc) is 3.57. The second-order valence-electron chi connectivity index (χ2n) is 8.34. The molecule has 2 aromatic heterocycles. The molecule has 0 aliphatic carbocycles. The Morgan fingerprint density at radius 1 is 1.14 bits per heavy atom. The molecule has 4 heterocycles. The van der Waals surface area contributed by atoms with Crippen molar-refractivity contribution >= 4 is 41.3 Å². The van der Waals surface area contributed by atoms with Gasteiger partial charge in [-0.3, -0.25) is 4.57 Å². The molecule has 0 saturated carbocycles. The van der Waals surface area contributed by atoms with Crippen LogP contribution in [0.5, 0.6) is 0 Å². The number of nitrogen functional groups attached to an aromatic ring is 1. The van der Waals surface area contributed by atoms with Gasteiger partial charge in [0.2, 0.25) is 0 Å². The standard InChI is InChI=1S/C23H22BN5O5S/c25-21-18-22(27-11-26-21)29(12-28-18)23-19(31)20(17(9-30)33-23)34-24-16-8-15(7-6-13(16)10-32-24)35-14-4-2-1-3-5-14/h1-8,11-12,17,19-20,23,30-31H,9-10H2,(H2,25,26,27)/t17-,19?,20+,23-/m1/s1. The lowest BCUT2D eigenvalue weighted by atomic mass is 9.78. The van der Waals surface area contributed by atoms with E-state index in [1.165, 1.54) is 12.7 Å². The number of fused-ring (bicyclic) bond motifs is 2. The first kappa shape index (κ1) is 22.5. The van der Waals surface area contributed by atoms with Gasteiger partial charge < -0.3 is 30.0 Å². The Labute approximate surface area is 205 Å². The fourth-order valence-corrected chi connectivity index (χ4v) is 5.33. The number of anilines is 1. The summed E-state index contributed by atoms with van der Waals surface area (Å²) in [5, 5.41) is 21.1. The molecule has 4 atom stereocenters. The van der Waals surface area contributed by atoms with Gasteiger partial charge in [-0.05, 0) is 35.3 Å². The molecule has 4 aromatic rings. The molecule has 0 bridgehead atoms. The summed E-state index contributed by atoms with van der Waals surface area (Å²) in [6.07, 6.45) is -0.811. The highest BCUT2D eigenvalue weighted by Gasteiger charge is 2.48. The van der Waals surface area contributed by atoms with Crippen molar-refractivity contribution in [1.29, 1.82) is 0 Å². The second kappa shape index (κ2) is 9.23. The summed E-state index contributed by atoms with van der Waals surface area (Å²) >= 11 is 1.65. The second-order valence-corrected chi connectivity index (χ2v) is 9.49. The molecule has 1 unspecified atom stereocenters. The first-order valence-electron chi connectivity index (χ1n) is 11.1. The minimum atomic E-state index is -1.12. The Kier molecular flexibility index (Phi) is 5.92. The van der Waals surface area contributed by atoms with Crippen molar-refractivity contribution in [2.75, 3.05) is 12.3 Å². The fraction of sp³-hybridized carbons (Fsp3) is 0.261. The molecule has 2 aromatic carbocycles. The lowest BCUT2D eigenvalue weighted by Gasteiger charge is -2.22. The highest BCUT2D eigenvalue weighted by atomic mass is 32.2. The van der Waals surface area contributed by atoms with E-state index in [0.29, 0.717) is 17.8 Å². The van der Waals surface area contributed by atoms with Gasteiger partial charge in [-0.2, -0.15) is 0 Å². The lowest BCUT2D eigenvalue weighted by molar-refractivity contribution is -0.0508. The van der Waals surface area contributed by atoms with E-state index in [1.54, 1.807) is 16.3 Å². The number of aliphatic hydroxyl groups excluding tert-OH is 2. The summed E-state index contributed by atoms with van der Waals surface area (Å²) in [5.41, 5.74) is 8.63. The van der Waals surface area contributed by atoms with Crippen LogP contribution in [0.25, 0.3) is 11.2 Å². The van der Waals surface area contributed by atoms with Gasteiger partial charge in [-0.15, -0.1) is 0 Å². The third-order valence-corrected chi connectivity index (χ3v) is 7.17. The number of nitrogens with zero attached hydrogens (tertiary/aromatic N) is 4. The first-order valence-corrected chi connectivity index (χ1v) is 11.9. The van der Waals surface area contributed by atoms with Crippen molar-refractivity contribution in [3.05, 3.63) is 66.7 Å². The summed E-state index contributed by atoms with van der Waals surface area (Å²) in [5.74, 6) is 0.230. The number of aliphatic hydroxyl groups is 2. The number of ether oxygens (including phenoxy) is 1. The van der Waals surface area contributed by atoms with Crippen molar-refractivity contribution in [3.63, 3.8) is 0 Å². The number of benzene rings is 2. The Balaban J connectivity index is 1.24. The molecule has 0 spiro atoms. The molecule has 1 saturated heterocycles. The summed E-state index contributed by atoms with van der Waals surface area (Å²) in [7, 11) is -0.699. The topological polar surface area (TPSA) is 138 Å². The molecular formula is C23H22BN5O5S. The molecule has 1 fully saturated rings. The number of rotatable bonds is 6. The SMILES string of the molecule is Nc1ncnc2c1ncn2[C@@H]1O[C@H](CO)[C@H](OB2OCc3ccc(Sc4ccccc4)cc32)C1O. The van der Waals surface area contributed by atoms with Gasteiger partial charge in [0.15, 0.2) is 17.7 Å². The predicted molar refractivity (Wildman–Crippen MR) is 129 cm³/mol. The molecule has 178 valence electrons. The molecule has 4 N–H and O–H groups in total. The van der Waals surface area contributed by atoms with Crippen LogP contribution in [0.2, 0.25) is 0 Å². The van der Waals surface area contributed by atoms with Crippen LogP contribution in [-0.2, 0) is 20.7 Å². The first-order chi connectivity index (χ1) is 17.1. The number of aromatic nitrogens is 4. The quantitative estimate of drug-likeness (QED) is 0.337. The van der Waals surface area contributed by atoms with E-state index < -0.39 is 31.7 Å². The zero-order valence-corrected chi connectivity index (χ0v) is 19.3. The molecule has 12 heteroatoms. The number of hydrogen-bond donors (Lipinski definition) is 3. The zero-order valence-electron chi connectivity index (χ0n) is 18.5. The van der Waals surface area contributed by atoms with Crippen LogP contribution in [-0.4, -0.2) is 61.8 Å². The summed E-state index contributed by atoms with van der Waals surface area (Å²) in [6.45, 7) is 0.0565. The average molecular weight is 491 g/mol. The van der Waals surface area contributed by atoms with Gasteiger partial charge in [0, 0.05) is 9.79 Å². The van der Waals surface area contributed by atoms with E-state index in [2.05, 4.69) is 33.2 Å². The molecule has 0 amide bonds. The molecule has 2 aliphatic rings. The van der Waals surface area contributed by atoms with Crippen LogP contribution in [0.3, 0.4) is 0 Å². The minimum Gasteiger partial charge on any atom is -0.403 e. The van der Waals surface area contributed by atoms with Gasteiger partial charge in [0.25, 0.3) is 0 Å². The van der Waals surface area contributed by atoms with Crippen LogP contribution >= 0.6 is 11.8 Å². The zero-order chi connectivity index (χ0) is 23.9. The van der Waals surface area contributed by atoms with Crippen molar-refractivity contribution in [3.8, 4) is 0 Å². The van der Waals surface area contributed by atoms with Crippen LogP contribution in [0, 0.1) is 0 Å². The molecule has 0 radical (unpaired) electrons. The lowest BCUT2D eigenvalue weighted by Crippen LogP contribution is -2.44. The number of hydrogen-bond acceptors (Lipinski definition) is 10. The Hall–Kier alpha value is -3.00. The number of imidazole rings is 1. The van der Waals surface area contributed by atoms with Crippen LogP contribution in [0.15, 0.2) is 71.0 Å². The van der Waals surface area contributed by atoms with E-state index in [9.17, 15) is 10.2 Å². The third kappa shape index (κ3) is 4.08. The van der Waals surface area contributed by atoms with Gasteiger partial charge >= 0.3 is 7.12 Å². The van der Waals surface area contributed by atoms with Crippen molar-refractivity contribution < 1.29 is 24.3 Å². The molecule has 2 aliphatic heterocycles. The smallest absolute Gasteiger partial charge is 0.403 e. The number of nitrogens with two attached hydrogens (primary N) is 1. The summed E-state index contributed by atoms with van der Waals surface area (Å²) in [6, 6.07) is 16.2. The van der Waals surface area contributed by atoms with E-state index in [4.69, 9.17) is 19.8 Å². The maximum atomic E-state index is 11.2. The van der Waals surface area contributed by atoms with Crippen LogP contribution in [0.4, 0.5) is 5.82 Å². The van der Waals surface area contributed by atoms with Crippen LogP contribution < -0.4 is 11.2 Å². The summed E-state index contributed by atoms with van der Waals surface area (Å²) in [4.78, 5) is 14.6. The maximum absolute atomic E-state index is 11.2. The monoisotopic (exact) mass is 491 g/mol. The molecule has 35 heavy (non-hydrogen) atoms. The molecule has 6 rings (SSSR count). The minimum absolute atomic E-state index is 0.230. The van der Waals surface area contributed by atoms with Crippen LogP contribution in [0.1, 0.15) is 11.8 Å². The Bertz CT molecular complexity index is 1360. The van der Waals surface area contributed by atoms with Gasteiger partial charge in [-0.1, -0.05) is 36.0 Å². The maximum Gasteiger partial charge on any atom is 0.494 e.